The van der Waals surface area contributed by atoms with E-state index in [0.717, 1.165) is 31.8 Å². The second kappa shape index (κ2) is 9.78. The number of rotatable bonds is 8. The van der Waals surface area contributed by atoms with Crippen molar-refractivity contribution in [3.8, 4) is 17.6 Å². The van der Waals surface area contributed by atoms with E-state index >= 15 is 0 Å². The number of pyridine rings is 1. The fourth-order valence-corrected chi connectivity index (χ4v) is 5.51. The van der Waals surface area contributed by atoms with Gasteiger partial charge in [0.05, 0.1) is 12.1 Å². The fraction of sp³-hybridized carbons (Fsp3) is 0.480. The van der Waals surface area contributed by atoms with Crippen LogP contribution in [0, 0.1) is 23.6 Å². The van der Waals surface area contributed by atoms with Crippen LogP contribution in [0.15, 0.2) is 36.5 Å². The molecule has 180 valence electrons. The summed E-state index contributed by atoms with van der Waals surface area (Å²) in [6.07, 6.45) is 5.99. The molecule has 0 amide bonds. The number of hydrogen-bond acceptors (Lipinski definition) is 6. The largest absolute Gasteiger partial charge is 0.481 e. The van der Waals surface area contributed by atoms with Crippen molar-refractivity contribution < 1.29 is 13.9 Å². The van der Waals surface area contributed by atoms with Crippen molar-refractivity contribution in [2.45, 2.75) is 39.2 Å². The number of piperidine rings is 1. The Kier molecular flexibility index (Phi) is 6.59. The fourth-order valence-electron chi connectivity index (χ4n) is 5.34. The van der Waals surface area contributed by atoms with Gasteiger partial charge in [-0.25, -0.2) is 14.1 Å². The van der Waals surface area contributed by atoms with E-state index in [1.54, 1.807) is 17.9 Å². The third-order valence-corrected chi connectivity index (χ3v) is 7.25. The van der Waals surface area contributed by atoms with Gasteiger partial charge in [0.2, 0.25) is 5.88 Å². The van der Waals surface area contributed by atoms with Crippen molar-refractivity contribution >= 4 is 17.3 Å². The Bertz CT molecular complexity index is 1140. The summed E-state index contributed by atoms with van der Waals surface area (Å²) in [6, 6.07) is 8.80. The van der Waals surface area contributed by atoms with Crippen LogP contribution in [0.3, 0.4) is 0 Å². The monoisotopic (exact) mass is 485 g/mol. The highest BCUT2D eigenvalue weighted by molar-refractivity contribution is 6.30. The van der Waals surface area contributed by atoms with E-state index in [4.69, 9.17) is 31.2 Å². The van der Waals surface area contributed by atoms with E-state index in [1.165, 1.54) is 30.7 Å². The van der Waals surface area contributed by atoms with E-state index in [0.29, 0.717) is 41.9 Å². The molecule has 3 aromatic rings. The maximum absolute atomic E-state index is 13.5. The van der Waals surface area contributed by atoms with Crippen LogP contribution in [0.5, 0.6) is 17.6 Å². The maximum Gasteiger partial charge on any atom is 0.320 e. The second-order valence-corrected chi connectivity index (χ2v) is 9.55. The van der Waals surface area contributed by atoms with E-state index in [9.17, 15) is 4.39 Å². The summed E-state index contributed by atoms with van der Waals surface area (Å²) in [6.45, 7) is 4.82. The highest BCUT2D eigenvalue weighted by Gasteiger charge is 2.42. The van der Waals surface area contributed by atoms with Gasteiger partial charge >= 0.3 is 6.01 Å². The van der Waals surface area contributed by atoms with Gasteiger partial charge in [0, 0.05) is 50.1 Å². The molecule has 9 heteroatoms. The Morgan fingerprint density at radius 3 is 2.65 bits per heavy atom. The number of fused-ring (bicyclic) bond motifs is 2. The molecule has 1 aromatic carbocycles. The number of aromatic nitrogens is 4. The van der Waals surface area contributed by atoms with Gasteiger partial charge < -0.3 is 14.4 Å². The average Bonchev–Trinajstić information content (AvgIpc) is 3.31. The first-order chi connectivity index (χ1) is 16.5. The molecule has 3 atom stereocenters. The Hall–Kier alpha value is -2.87. The van der Waals surface area contributed by atoms with Gasteiger partial charge in [0.25, 0.3) is 0 Å². The third-order valence-electron chi connectivity index (χ3n) is 6.96. The minimum atomic E-state index is -0.475. The number of ether oxygens (including phenoxy) is 2. The topological polar surface area (TPSA) is 65.3 Å². The van der Waals surface area contributed by atoms with Crippen LogP contribution in [0.25, 0.3) is 0 Å². The van der Waals surface area contributed by atoms with Crippen molar-refractivity contribution in [3.05, 3.63) is 53.2 Å². The van der Waals surface area contributed by atoms with E-state index in [1.807, 2.05) is 12.3 Å². The zero-order valence-electron chi connectivity index (χ0n) is 19.5. The Labute approximate surface area is 203 Å². The molecule has 5 rings (SSSR count). The predicted octanol–water partition coefficient (Wildman–Crippen LogP) is 5.38. The molecule has 1 aliphatic heterocycles. The number of halogens is 2. The van der Waals surface area contributed by atoms with Crippen molar-refractivity contribution in [1.29, 1.82) is 0 Å². The molecule has 2 fully saturated rings. The molecule has 7 nitrogen and oxygen atoms in total. The van der Waals surface area contributed by atoms with Crippen LogP contribution in [0.1, 0.15) is 32.0 Å². The summed E-state index contributed by atoms with van der Waals surface area (Å²) in [4.78, 5) is 11.4. The molecule has 1 unspecified atom stereocenters. The molecule has 0 radical (unpaired) electrons. The quantitative estimate of drug-likeness (QED) is 0.426. The normalized spacial score (nSPS) is 21.6. The number of nitrogens with zero attached hydrogens (tertiary/aromatic N) is 5. The lowest BCUT2D eigenvalue weighted by molar-refractivity contribution is 0.265. The smallest absolute Gasteiger partial charge is 0.320 e. The summed E-state index contributed by atoms with van der Waals surface area (Å²) >= 11 is 5.91. The first-order valence-electron chi connectivity index (χ1n) is 11.9. The van der Waals surface area contributed by atoms with Gasteiger partial charge in [0.1, 0.15) is 11.6 Å². The number of methoxy groups -OCH3 is 1. The highest BCUT2D eigenvalue weighted by Crippen LogP contribution is 2.44. The van der Waals surface area contributed by atoms with Crippen molar-refractivity contribution in [3.63, 3.8) is 0 Å². The second-order valence-electron chi connectivity index (χ2n) is 9.14. The third kappa shape index (κ3) is 4.69. The SMILES string of the molecule is CCCn1nc(CC2[C@@H]3CC[C@H]2CN(c2ccnc(OC)c2)C3)nc1Oc1ccc(F)c(Cl)c1. The maximum atomic E-state index is 13.5. The van der Waals surface area contributed by atoms with Crippen LogP contribution in [0.2, 0.25) is 5.02 Å². The highest BCUT2D eigenvalue weighted by atomic mass is 35.5. The lowest BCUT2D eigenvalue weighted by atomic mass is 9.82. The zero-order chi connectivity index (χ0) is 23.7. The molecule has 2 aromatic heterocycles. The van der Waals surface area contributed by atoms with Crippen LogP contribution >= 0.6 is 11.6 Å². The van der Waals surface area contributed by atoms with Crippen molar-refractivity contribution in [1.82, 2.24) is 19.7 Å². The molecular formula is C25H29ClFN5O2. The summed E-state index contributed by atoms with van der Waals surface area (Å²) < 4.78 is 26.6. The summed E-state index contributed by atoms with van der Waals surface area (Å²) in [5, 5.41) is 4.78. The van der Waals surface area contributed by atoms with E-state index < -0.39 is 5.82 Å². The van der Waals surface area contributed by atoms with Gasteiger partial charge in [-0.05, 0) is 55.2 Å². The standard InChI is InChI=1S/C25H29ClFN5O2/c1-3-10-32-25(34-19-6-7-22(27)21(26)12-19)29-23(30-32)13-20-16-4-5-17(20)15-31(14-16)18-8-9-28-24(11-18)33-2/h6-9,11-12,16-17,20H,3-5,10,13-15H2,1-2H3/t16-,17+,20?. The average molecular weight is 486 g/mol. The molecule has 3 heterocycles. The lowest BCUT2D eigenvalue weighted by Gasteiger charge is -2.39. The number of aryl methyl sites for hydroxylation is 1. The van der Waals surface area contributed by atoms with Gasteiger partial charge in [0.15, 0.2) is 5.82 Å². The molecule has 2 aliphatic rings. The predicted molar refractivity (Wildman–Crippen MR) is 128 cm³/mol. The van der Waals surface area contributed by atoms with Crippen molar-refractivity contribution in [2.24, 2.45) is 17.8 Å². The number of benzene rings is 1. The minimum Gasteiger partial charge on any atom is -0.481 e. The summed E-state index contributed by atoms with van der Waals surface area (Å²) in [5.74, 6) is 3.16. The molecule has 1 saturated heterocycles. The van der Waals surface area contributed by atoms with Crippen molar-refractivity contribution in [2.75, 3.05) is 25.1 Å². The number of anilines is 1. The molecule has 2 bridgehead atoms. The molecule has 34 heavy (non-hydrogen) atoms. The van der Waals surface area contributed by atoms with Crippen LogP contribution in [-0.2, 0) is 13.0 Å². The summed E-state index contributed by atoms with van der Waals surface area (Å²) in [7, 11) is 1.65. The molecule has 0 spiro atoms. The lowest BCUT2D eigenvalue weighted by Crippen LogP contribution is -2.42. The van der Waals surface area contributed by atoms with Crippen LogP contribution in [-0.4, -0.2) is 39.9 Å². The zero-order valence-corrected chi connectivity index (χ0v) is 20.2. The van der Waals surface area contributed by atoms with Gasteiger partial charge in [-0.3, -0.25) is 0 Å². The van der Waals surface area contributed by atoms with E-state index in [2.05, 4.69) is 22.9 Å². The molecule has 1 saturated carbocycles. The minimum absolute atomic E-state index is 0.0226. The first kappa shape index (κ1) is 22.9. The Balaban J connectivity index is 1.30. The molecule has 0 N–H and O–H groups in total. The molecule has 1 aliphatic carbocycles. The van der Waals surface area contributed by atoms with Gasteiger partial charge in [-0.2, -0.15) is 10.1 Å². The van der Waals surface area contributed by atoms with E-state index in [-0.39, 0.29) is 5.02 Å². The number of hydrogen-bond donors (Lipinski definition) is 0. The Morgan fingerprint density at radius 1 is 1.15 bits per heavy atom. The van der Waals surface area contributed by atoms with Crippen LogP contribution in [0.4, 0.5) is 10.1 Å². The molecular weight excluding hydrogens is 457 g/mol. The van der Waals surface area contributed by atoms with Gasteiger partial charge in [-0.15, -0.1) is 0 Å². The van der Waals surface area contributed by atoms with Crippen LogP contribution < -0.4 is 14.4 Å². The Morgan fingerprint density at radius 2 is 1.94 bits per heavy atom. The van der Waals surface area contributed by atoms with Gasteiger partial charge in [-0.1, -0.05) is 18.5 Å². The first-order valence-corrected chi connectivity index (χ1v) is 12.2. The summed E-state index contributed by atoms with van der Waals surface area (Å²) in [5.41, 5.74) is 1.17.